The molecule has 0 radical (unpaired) electrons. The van der Waals surface area contributed by atoms with E-state index in [0.29, 0.717) is 50.1 Å². The van der Waals surface area contributed by atoms with Gasteiger partial charge in [-0.25, -0.2) is 0 Å². The van der Waals surface area contributed by atoms with Gasteiger partial charge in [0.1, 0.15) is 6.10 Å². The molecule has 0 spiro atoms. The summed E-state index contributed by atoms with van der Waals surface area (Å²) in [5, 5.41) is 0.302. The average molecular weight is 379 g/mol. The molecule has 0 unspecified atom stereocenters. The molecule has 0 N–H and O–H groups in total. The molecule has 3 heterocycles. The number of hydrogen-bond acceptors (Lipinski definition) is 5. The molecule has 0 aliphatic carbocycles. The van der Waals surface area contributed by atoms with Crippen molar-refractivity contribution in [2.75, 3.05) is 26.2 Å². The monoisotopic (exact) mass is 378 g/mol. The molecule has 1 aromatic rings. The van der Waals surface area contributed by atoms with Crippen molar-refractivity contribution in [3.63, 3.8) is 0 Å². The van der Waals surface area contributed by atoms with Crippen LogP contribution in [-0.2, 0) is 9.59 Å². The van der Waals surface area contributed by atoms with Gasteiger partial charge in [-0.2, -0.15) is 4.98 Å². The zero-order valence-electron chi connectivity index (χ0n) is 14.6. The van der Waals surface area contributed by atoms with E-state index in [0.717, 1.165) is 12.8 Å². The van der Waals surface area contributed by atoms with Gasteiger partial charge in [0.05, 0.1) is 12.4 Å². The fraction of sp³-hybridized carbons (Fsp3) is 0.556. The third-order valence-corrected chi connectivity index (χ3v) is 5.14. The zero-order chi connectivity index (χ0) is 18.5. The summed E-state index contributed by atoms with van der Waals surface area (Å²) in [6.07, 6.45) is 7.29. The van der Waals surface area contributed by atoms with Crippen LogP contribution in [0, 0.1) is 5.92 Å². The highest BCUT2D eigenvalue weighted by Crippen LogP contribution is 2.23. The molecular formula is C18H23ClN4O3. The van der Waals surface area contributed by atoms with Crippen LogP contribution >= 0.6 is 11.6 Å². The van der Waals surface area contributed by atoms with E-state index in [1.165, 1.54) is 12.3 Å². The molecule has 140 valence electrons. The van der Waals surface area contributed by atoms with Crippen molar-refractivity contribution in [3.8, 4) is 5.88 Å². The number of aromatic nitrogens is 2. The van der Waals surface area contributed by atoms with Crippen molar-refractivity contribution < 1.29 is 14.3 Å². The SMILES string of the molecule is C=CC(=O)N1CCC(C(=O)N2CCC(Oc3cncc(Cl)n3)CC2)CC1. The van der Waals surface area contributed by atoms with Gasteiger partial charge in [-0.3, -0.25) is 14.6 Å². The highest BCUT2D eigenvalue weighted by atomic mass is 35.5. The van der Waals surface area contributed by atoms with Crippen LogP contribution < -0.4 is 4.74 Å². The maximum Gasteiger partial charge on any atom is 0.245 e. The van der Waals surface area contributed by atoms with Crippen LogP contribution in [0.2, 0.25) is 5.15 Å². The van der Waals surface area contributed by atoms with Gasteiger partial charge in [0, 0.05) is 44.9 Å². The molecule has 2 saturated heterocycles. The molecule has 8 heteroatoms. The normalized spacial score (nSPS) is 19.3. The number of carbonyl (C=O) groups excluding carboxylic acids is 2. The van der Waals surface area contributed by atoms with E-state index in [4.69, 9.17) is 16.3 Å². The molecule has 2 aliphatic heterocycles. The fourth-order valence-corrected chi connectivity index (χ4v) is 3.62. The van der Waals surface area contributed by atoms with E-state index in [9.17, 15) is 9.59 Å². The smallest absolute Gasteiger partial charge is 0.245 e. The molecule has 0 aromatic carbocycles. The van der Waals surface area contributed by atoms with Gasteiger partial charge in [0.25, 0.3) is 0 Å². The molecule has 2 aliphatic rings. The molecule has 0 bridgehead atoms. The van der Waals surface area contributed by atoms with Gasteiger partial charge in [-0.1, -0.05) is 18.2 Å². The number of piperidine rings is 2. The fourth-order valence-electron chi connectivity index (χ4n) is 3.48. The Morgan fingerprint density at radius 2 is 1.77 bits per heavy atom. The summed E-state index contributed by atoms with van der Waals surface area (Å²) in [7, 11) is 0. The van der Waals surface area contributed by atoms with Crippen molar-refractivity contribution in [3.05, 3.63) is 30.2 Å². The third kappa shape index (κ3) is 4.52. The average Bonchev–Trinajstić information content (AvgIpc) is 2.67. The Labute approximate surface area is 158 Å². The molecule has 0 saturated carbocycles. The number of ether oxygens (including phenoxy) is 1. The van der Waals surface area contributed by atoms with Crippen LogP contribution in [0.4, 0.5) is 0 Å². The maximum atomic E-state index is 12.7. The van der Waals surface area contributed by atoms with E-state index < -0.39 is 0 Å². The van der Waals surface area contributed by atoms with E-state index in [2.05, 4.69) is 16.5 Å². The predicted octanol–water partition coefficient (Wildman–Crippen LogP) is 1.92. The lowest BCUT2D eigenvalue weighted by Crippen LogP contribution is -2.47. The summed E-state index contributed by atoms with van der Waals surface area (Å²) in [6.45, 7) is 6.09. The summed E-state index contributed by atoms with van der Waals surface area (Å²) in [5.74, 6) is 0.552. The van der Waals surface area contributed by atoms with Crippen molar-refractivity contribution in [2.45, 2.75) is 31.8 Å². The second kappa shape index (κ2) is 8.49. The van der Waals surface area contributed by atoms with Crippen molar-refractivity contribution in [2.24, 2.45) is 5.92 Å². The lowest BCUT2D eigenvalue weighted by atomic mass is 9.94. The van der Waals surface area contributed by atoms with Crippen LogP contribution in [0.5, 0.6) is 5.88 Å². The van der Waals surface area contributed by atoms with Crippen LogP contribution in [0.25, 0.3) is 0 Å². The van der Waals surface area contributed by atoms with E-state index in [1.807, 2.05) is 4.90 Å². The van der Waals surface area contributed by atoms with Crippen LogP contribution in [0.1, 0.15) is 25.7 Å². The number of hydrogen-bond donors (Lipinski definition) is 0. The van der Waals surface area contributed by atoms with Crippen LogP contribution in [0.3, 0.4) is 0 Å². The Hall–Kier alpha value is -2.15. The molecule has 0 atom stereocenters. The van der Waals surface area contributed by atoms with Gasteiger partial charge in [-0.05, 0) is 18.9 Å². The molecule has 2 fully saturated rings. The lowest BCUT2D eigenvalue weighted by Gasteiger charge is -2.37. The summed E-state index contributed by atoms with van der Waals surface area (Å²) < 4.78 is 5.81. The number of amides is 2. The van der Waals surface area contributed by atoms with Crippen LogP contribution in [-0.4, -0.2) is 63.9 Å². The quantitative estimate of drug-likeness (QED) is 0.748. The minimum Gasteiger partial charge on any atom is -0.473 e. The Bertz CT molecular complexity index is 668. The van der Waals surface area contributed by atoms with Crippen molar-refractivity contribution in [1.29, 1.82) is 0 Å². The number of nitrogens with zero attached hydrogens (tertiary/aromatic N) is 4. The first-order valence-electron chi connectivity index (χ1n) is 8.91. The van der Waals surface area contributed by atoms with Crippen LogP contribution in [0.15, 0.2) is 25.0 Å². The first kappa shape index (κ1) is 18.6. The number of carbonyl (C=O) groups is 2. The summed E-state index contributed by atoms with van der Waals surface area (Å²) >= 11 is 5.82. The lowest BCUT2D eigenvalue weighted by molar-refractivity contribution is -0.141. The van der Waals surface area contributed by atoms with Crippen molar-refractivity contribution >= 4 is 23.4 Å². The Kier molecular flexibility index (Phi) is 6.08. The molecule has 3 rings (SSSR count). The topological polar surface area (TPSA) is 75.6 Å². The summed E-state index contributed by atoms with van der Waals surface area (Å²) in [5.41, 5.74) is 0. The maximum absolute atomic E-state index is 12.7. The molecule has 2 amide bonds. The summed E-state index contributed by atoms with van der Waals surface area (Å²) in [6, 6.07) is 0. The minimum absolute atomic E-state index is 0.000121. The molecular weight excluding hydrogens is 356 g/mol. The Morgan fingerprint density at radius 3 is 2.38 bits per heavy atom. The molecule has 1 aromatic heterocycles. The van der Waals surface area contributed by atoms with Crippen molar-refractivity contribution in [1.82, 2.24) is 19.8 Å². The number of likely N-dealkylation sites (tertiary alicyclic amines) is 2. The highest BCUT2D eigenvalue weighted by Gasteiger charge is 2.32. The molecule has 26 heavy (non-hydrogen) atoms. The largest absolute Gasteiger partial charge is 0.473 e. The van der Waals surface area contributed by atoms with E-state index >= 15 is 0 Å². The molecule has 7 nitrogen and oxygen atoms in total. The zero-order valence-corrected chi connectivity index (χ0v) is 15.4. The van der Waals surface area contributed by atoms with Gasteiger partial charge >= 0.3 is 0 Å². The van der Waals surface area contributed by atoms with E-state index in [1.54, 1.807) is 11.1 Å². The van der Waals surface area contributed by atoms with Gasteiger partial charge < -0.3 is 14.5 Å². The van der Waals surface area contributed by atoms with Gasteiger partial charge in [0.15, 0.2) is 5.15 Å². The Balaban J connectivity index is 1.45. The van der Waals surface area contributed by atoms with Gasteiger partial charge in [0.2, 0.25) is 17.7 Å². The minimum atomic E-state index is -0.0574. The predicted molar refractivity (Wildman–Crippen MR) is 96.8 cm³/mol. The highest BCUT2D eigenvalue weighted by molar-refractivity contribution is 6.29. The second-order valence-corrected chi connectivity index (χ2v) is 7.01. The first-order chi connectivity index (χ1) is 12.6. The third-order valence-electron chi connectivity index (χ3n) is 4.95. The Morgan fingerprint density at radius 1 is 1.12 bits per heavy atom. The number of rotatable bonds is 4. The summed E-state index contributed by atoms with van der Waals surface area (Å²) in [4.78, 5) is 36.1. The second-order valence-electron chi connectivity index (χ2n) is 6.63. The number of halogens is 1. The van der Waals surface area contributed by atoms with Gasteiger partial charge in [-0.15, -0.1) is 0 Å². The standard InChI is InChI=1S/C18H23ClN4O3/c1-2-17(24)22-7-3-13(4-8-22)18(25)23-9-5-14(6-10-23)26-16-12-20-11-15(19)21-16/h2,11-14H,1,3-10H2. The first-order valence-corrected chi connectivity index (χ1v) is 9.29. The van der Waals surface area contributed by atoms with E-state index in [-0.39, 0.29) is 23.8 Å².